The van der Waals surface area contributed by atoms with Gasteiger partial charge in [-0.25, -0.2) is 4.98 Å². The van der Waals surface area contributed by atoms with Crippen LogP contribution in [0.3, 0.4) is 0 Å². The molecule has 1 amide bonds. The highest BCUT2D eigenvalue weighted by atomic mass is 79.9. The Kier molecular flexibility index (Phi) is 3.71. The lowest BCUT2D eigenvalue weighted by Gasteiger charge is -2.11. The molecule has 0 bridgehead atoms. The number of anilines is 1. The first-order valence-corrected chi connectivity index (χ1v) is 6.26. The molecule has 6 heteroatoms. The second-order valence-corrected chi connectivity index (χ2v) is 4.91. The fourth-order valence-electron chi connectivity index (χ4n) is 1.59. The van der Waals surface area contributed by atoms with Gasteiger partial charge in [0.25, 0.3) is 0 Å². The number of carbonyl (C=O) groups is 1. The topological polar surface area (TPSA) is 91.2 Å². The van der Waals surface area contributed by atoms with Crippen LogP contribution >= 0.6 is 15.9 Å². The summed E-state index contributed by atoms with van der Waals surface area (Å²) in [5, 5.41) is 0. The maximum atomic E-state index is 10.9. The number of aromatic nitrogens is 1. The molecule has 4 N–H and O–H groups in total. The van der Waals surface area contributed by atoms with Crippen molar-refractivity contribution in [3.63, 3.8) is 0 Å². The van der Waals surface area contributed by atoms with E-state index in [1.165, 1.54) is 6.20 Å². The molecular formula is C13H12BrN3O2. The first-order chi connectivity index (χ1) is 8.97. The van der Waals surface area contributed by atoms with E-state index in [0.717, 1.165) is 10.0 Å². The average molecular weight is 322 g/mol. The van der Waals surface area contributed by atoms with Crippen LogP contribution in [0.4, 0.5) is 5.69 Å². The van der Waals surface area contributed by atoms with Crippen LogP contribution in [0.1, 0.15) is 15.9 Å². The minimum atomic E-state index is -0.529. The van der Waals surface area contributed by atoms with E-state index in [2.05, 4.69) is 20.9 Å². The molecule has 1 heterocycles. The largest absolute Gasteiger partial charge is 0.437 e. The van der Waals surface area contributed by atoms with Crippen molar-refractivity contribution in [2.45, 2.75) is 6.92 Å². The van der Waals surface area contributed by atoms with Crippen LogP contribution in [-0.4, -0.2) is 10.9 Å². The number of nitrogens with two attached hydrogens (primary N) is 2. The van der Waals surface area contributed by atoms with Crippen LogP contribution in [-0.2, 0) is 0 Å². The van der Waals surface area contributed by atoms with Gasteiger partial charge in [0.15, 0.2) is 5.75 Å². The predicted octanol–water partition coefficient (Wildman–Crippen LogP) is 2.63. The minimum absolute atomic E-state index is 0.327. The van der Waals surface area contributed by atoms with Crippen molar-refractivity contribution in [1.29, 1.82) is 0 Å². The van der Waals surface area contributed by atoms with Gasteiger partial charge >= 0.3 is 0 Å². The quantitative estimate of drug-likeness (QED) is 0.850. The Hall–Kier alpha value is -2.08. The first kappa shape index (κ1) is 13.4. The van der Waals surface area contributed by atoms with E-state index < -0.39 is 5.91 Å². The molecule has 0 saturated heterocycles. The van der Waals surface area contributed by atoms with E-state index in [-0.39, 0.29) is 0 Å². The minimum Gasteiger partial charge on any atom is -0.437 e. The fourth-order valence-corrected chi connectivity index (χ4v) is 2.18. The van der Waals surface area contributed by atoms with Gasteiger partial charge in [0, 0.05) is 16.7 Å². The summed E-state index contributed by atoms with van der Waals surface area (Å²) in [5.41, 5.74) is 12.7. The third-order valence-corrected chi connectivity index (χ3v) is 2.95. The summed E-state index contributed by atoms with van der Waals surface area (Å²) in [6.45, 7) is 1.88. The van der Waals surface area contributed by atoms with Gasteiger partial charge in [-0.1, -0.05) is 15.9 Å². The van der Waals surface area contributed by atoms with Crippen molar-refractivity contribution in [3.8, 4) is 11.6 Å². The van der Waals surface area contributed by atoms with Crippen LogP contribution in [0.25, 0.3) is 0 Å². The fraction of sp³-hybridized carbons (Fsp3) is 0.0769. The van der Waals surface area contributed by atoms with E-state index in [0.29, 0.717) is 22.9 Å². The highest BCUT2D eigenvalue weighted by Gasteiger charge is 2.09. The Morgan fingerprint density at radius 3 is 2.63 bits per heavy atom. The number of hydrogen-bond donors (Lipinski definition) is 2. The number of hydrogen-bond acceptors (Lipinski definition) is 4. The van der Waals surface area contributed by atoms with Gasteiger partial charge in [-0.05, 0) is 30.7 Å². The Morgan fingerprint density at radius 2 is 2.11 bits per heavy atom. The zero-order valence-corrected chi connectivity index (χ0v) is 11.8. The summed E-state index contributed by atoms with van der Waals surface area (Å²) in [6.07, 6.45) is 1.36. The van der Waals surface area contributed by atoms with Crippen molar-refractivity contribution in [2.24, 2.45) is 5.73 Å². The Bertz CT molecular complexity index is 603. The van der Waals surface area contributed by atoms with Gasteiger partial charge < -0.3 is 16.2 Å². The normalized spacial score (nSPS) is 10.2. The second kappa shape index (κ2) is 5.27. The molecule has 2 rings (SSSR count). The number of pyridine rings is 1. The van der Waals surface area contributed by atoms with E-state index in [1.807, 2.05) is 13.0 Å². The van der Waals surface area contributed by atoms with Crippen LogP contribution in [0.2, 0.25) is 0 Å². The maximum absolute atomic E-state index is 10.9. The number of rotatable bonds is 3. The number of nitrogen functional groups attached to an aromatic ring is 1. The molecule has 0 aliphatic rings. The molecule has 2 aromatic rings. The molecule has 1 aromatic carbocycles. The lowest BCUT2D eigenvalue weighted by atomic mass is 10.2. The Morgan fingerprint density at radius 1 is 1.37 bits per heavy atom. The SMILES string of the molecule is Cc1cc(Br)cc(N)c1Oc1ccc(C(N)=O)cn1. The molecule has 1 aromatic heterocycles. The van der Waals surface area contributed by atoms with Crippen molar-refractivity contribution in [2.75, 3.05) is 5.73 Å². The molecule has 0 unspecified atom stereocenters. The Labute approximate surface area is 118 Å². The number of carbonyl (C=O) groups excluding carboxylic acids is 1. The van der Waals surface area contributed by atoms with Crippen molar-refractivity contribution in [3.05, 3.63) is 46.1 Å². The summed E-state index contributed by atoms with van der Waals surface area (Å²) in [5.74, 6) is 0.364. The van der Waals surface area contributed by atoms with Crippen molar-refractivity contribution < 1.29 is 9.53 Å². The maximum Gasteiger partial charge on any atom is 0.250 e. The zero-order chi connectivity index (χ0) is 14.0. The highest BCUT2D eigenvalue weighted by Crippen LogP contribution is 2.33. The lowest BCUT2D eigenvalue weighted by Crippen LogP contribution is -2.11. The summed E-state index contributed by atoms with van der Waals surface area (Å²) >= 11 is 3.36. The molecule has 0 saturated carbocycles. The zero-order valence-electron chi connectivity index (χ0n) is 10.2. The molecule has 0 aliphatic heterocycles. The number of aryl methyl sites for hydroxylation is 1. The summed E-state index contributed by atoms with van der Waals surface area (Å²) < 4.78 is 6.50. The van der Waals surface area contributed by atoms with Gasteiger partial charge in [0.05, 0.1) is 11.3 Å². The van der Waals surface area contributed by atoms with E-state index in [4.69, 9.17) is 16.2 Å². The Balaban J connectivity index is 2.29. The van der Waals surface area contributed by atoms with Crippen LogP contribution in [0.15, 0.2) is 34.9 Å². The first-order valence-electron chi connectivity index (χ1n) is 5.46. The summed E-state index contributed by atoms with van der Waals surface area (Å²) in [4.78, 5) is 14.9. The lowest BCUT2D eigenvalue weighted by molar-refractivity contribution is 0.1000. The van der Waals surface area contributed by atoms with Crippen molar-refractivity contribution in [1.82, 2.24) is 4.98 Å². The standard InChI is InChI=1S/C13H12BrN3O2/c1-7-4-9(14)5-10(15)12(7)19-11-3-2-8(6-17-11)13(16)18/h2-6H,15H2,1H3,(H2,16,18). The third-order valence-electron chi connectivity index (χ3n) is 2.50. The molecule has 0 aliphatic carbocycles. The molecule has 5 nitrogen and oxygen atoms in total. The molecule has 0 spiro atoms. The van der Waals surface area contributed by atoms with Crippen LogP contribution < -0.4 is 16.2 Å². The van der Waals surface area contributed by atoms with Gasteiger partial charge in [-0.2, -0.15) is 0 Å². The van der Waals surface area contributed by atoms with Crippen LogP contribution in [0, 0.1) is 6.92 Å². The molecule has 0 fully saturated rings. The molecule has 0 radical (unpaired) electrons. The summed E-state index contributed by atoms with van der Waals surface area (Å²) in [7, 11) is 0. The second-order valence-electron chi connectivity index (χ2n) is 3.99. The van der Waals surface area contributed by atoms with Gasteiger partial charge in [-0.3, -0.25) is 4.79 Å². The van der Waals surface area contributed by atoms with E-state index in [9.17, 15) is 4.79 Å². The molecule has 98 valence electrons. The van der Waals surface area contributed by atoms with Crippen LogP contribution in [0.5, 0.6) is 11.6 Å². The smallest absolute Gasteiger partial charge is 0.250 e. The predicted molar refractivity (Wildman–Crippen MR) is 76.1 cm³/mol. The van der Waals surface area contributed by atoms with E-state index >= 15 is 0 Å². The monoisotopic (exact) mass is 321 g/mol. The van der Waals surface area contributed by atoms with Gasteiger partial charge in [0.1, 0.15) is 0 Å². The number of amides is 1. The summed E-state index contributed by atoms with van der Waals surface area (Å²) in [6, 6.07) is 6.76. The average Bonchev–Trinajstić information content (AvgIpc) is 2.34. The van der Waals surface area contributed by atoms with Gasteiger partial charge in [-0.15, -0.1) is 0 Å². The molecular weight excluding hydrogens is 310 g/mol. The highest BCUT2D eigenvalue weighted by molar-refractivity contribution is 9.10. The number of nitrogens with zero attached hydrogens (tertiary/aromatic N) is 1. The third kappa shape index (κ3) is 3.03. The van der Waals surface area contributed by atoms with Crippen molar-refractivity contribution >= 4 is 27.5 Å². The number of halogens is 1. The number of ether oxygens (including phenoxy) is 1. The van der Waals surface area contributed by atoms with E-state index in [1.54, 1.807) is 18.2 Å². The van der Waals surface area contributed by atoms with Gasteiger partial charge in [0.2, 0.25) is 11.8 Å². The molecule has 19 heavy (non-hydrogen) atoms. The molecule has 0 atom stereocenters. The number of benzene rings is 1. The number of primary amides is 1.